The van der Waals surface area contributed by atoms with Crippen LogP contribution in [-0.4, -0.2) is 23.4 Å². The summed E-state index contributed by atoms with van der Waals surface area (Å²) >= 11 is 0. The number of hydrogen-bond acceptors (Lipinski definition) is 4. The fraction of sp³-hybridized carbons (Fsp3) is 0.211. The van der Waals surface area contributed by atoms with Crippen LogP contribution in [0, 0.1) is 5.92 Å². The lowest BCUT2D eigenvalue weighted by atomic mass is 9.92. The second-order valence-electron chi connectivity index (χ2n) is 5.97. The first-order valence-corrected chi connectivity index (χ1v) is 7.63. The summed E-state index contributed by atoms with van der Waals surface area (Å²) in [6.45, 7) is 1.84. The Morgan fingerprint density at radius 1 is 0.957 bits per heavy atom. The zero-order valence-corrected chi connectivity index (χ0v) is 12.7. The highest BCUT2D eigenvalue weighted by atomic mass is 16.6. The van der Waals surface area contributed by atoms with Gasteiger partial charge in [-0.05, 0) is 18.1 Å². The first kappa shape index (κ1) is 13.9. The molecule has 0 saturated carbocycles. The van der Waals surface area contributed by atoms with Gasteiger partial charge in [0.2, 0.25) is 0 Å². The third-order valence-electron chi connectivity index (χ3n) is 4.44. The van der Waals surface area contributed by atoms with E-state index in [4.69, 9.17) is 4.84 Å². The van der Waals surface area contributed by atoms with Crippen LogP contribution in [0.4, 0.5) is 0 Å². The molecule has 1 heterocycles. The SMILES string of the molecule is CC1=NO[C@@H](C2C(=O)c3cccc(-c4ccccc4)c3C2=O)C1. The molecular weight excluding hydrogens is 290 g/mol. The maximum Gasteiger partial charge on any atom is 0.178 e. The van der Waals surface area contributed by atoms with Crippen LogP contribution in [0.5, 0.6) is 0 Å². The van der Waals surface area contributed by atoms with Gasteiger partial charge in [-0.15, -0.1) is 0 Å². The predicted octanol–water partition coefficient (Wildman–Crippen LogP) is 3.51. The quantitative estimate of drug-likeness (QED) is 0.798. The van der Waals surface area contributed by atoms with Gasteiger partial charge in [0.15, 0.2) is 11.6 Å². The normalized spacial score (nSPS) is 22.7. The molecule has 1 aliphatic carbocycles. The molecule has 1 aliphatic heterocycles. The molecule has 0 fully saturated rings. The Hall–Kier alpha value is -2.75. The molecule has 2 atom stereocenters. The van der Waals surface area contributed by atoms with Crippen molar-refractivity contribution in [1.29, 1.82) is 0 Å². The summed E-state index contributed by atoms with van der Waals surface area (Å²) in [4.78, 5) is 31.0. The molecule has 4 rings (SSSR count). The Labute approximate surface area is 133 Å². The average molecular weight is 305 g/mol. The number of benzene rings is 2. The number of nitrogens with zero attached hydrogens (tertiary/aromatic N) is 1. The van der Waals surface area contributed by atoms with Gasteiger partial charge in [0.1, 0.15) is 12.0 Å². The Morgan fingerprint density at radius 3 is 2.39 bits per heavy atom. The number of carbonyl (C=O) groups is 2. The van der Waals surface area contributed by atoms with E-state index in [0.717, 1.165) is 16.8 Å². The van der Waals surface area contributed by atoms with Gasteiger partial charge >= 0.3 is 0 Å². The van der Waals surface area contributed by atoms with E-state index in [9.17, 15) is 9.59 Å². The van der Waals surface area contributed by atoms with Gasteiger partial charge in [-0.1, -0.05) is 53.7 Å². The van der Waals surface area contributed by atoms with Gasteiger partial charge in [0, 0.05) is 17.5 Å². The van der Waals surface area contributed by atoms with Crippen molar-refractivity contribution >= 4 is 17.3 Å². The molecule has 23 heavy (non-hydrogen) atoms. The van der Waals surface area contributed by atoms with Gasteiger partial charge in [-0.25, -0.2) is 0 Å². The second-order valence-corrected chi connectivity index (χ2v) is 5.97. The molecule has 1 unspecified atom stereocenters. The van der Waals surface area contributed by atoms with Crippen LogP contribution >= 0.6 is 0 Å². The molecule has 2 aliphatic rings. The molecule has 2 aromatic rings. The molecule has 0 bridgehead atoms. The van der Waals surface area contributed by atoms with Crippen LogP contribution in [0.15, 0.2) is 53.7 Å². The van der Waals surface area contributed by atoms with Crippen molar-refractivity contribution in [2.24, 2.45) is 11.1 Å². The molecule has 0 aromatic heterocycles. The minimum Gasteiger partial charge on any atom is -0.391 e. The molecule has 0 amide bonds. The summed E-state index contributed by atoms with van der Waals surface area (Å²) in [5, 5.41) is 3.89. The minimum absolute atomic E-state index is 0.153. The van der Waals surface area contributed by atoms with Crippen LogP contribution < -0.4 is 0 Å². The summed E-state index contributed by atoms with van der Waals surface area (Å²) in [6.07, 6.45) is 0.0441. The van der Waals surface area contributed by atoms with E-state index < -0.39 is 12.0 Å². The average Bonchev–Trinajstić information content (AvgIpc) is 3.10. The molecule has 0 spiro atoms. The van der Waals surface area contributed by atoms with Crippen LogP contribution in [0.2, 0.25) is 0 Å². The summed E-state index contributed by atoms with van der Waals surface area (Å²) in [5.41, 5.74) is 3.57. The Balaban J connectivity index is 1.80. The van der Waals surface area contributed by atoms with E-state index in [2.05, 4.69) is 5.16 Å². The van der Waals surface area contributed by atoms with Crippen LogP contribution in [-0.2, 0) is 4.84 Å². The van der Waals surface area contributed by atoms with Crippen molar-refractivity contribution < 1.29 is 14.4 Å². The first-order chi connectivity index (χ1) is 11.2. The molecule has 114 valence electrons. The lowest BCUT2D eigenvalue weighted by molar-refractivity contribution is 0.0369. The van der Waals surface area contributed by atoms with E-state index in [1.54, 1.807) is 6.07 Å². The number of carbonyl (C=O) groups excluding carboxylic acids is 2. The van der Waals surface area contributed by atoms with E-state index in [1.165, 1.54) is 0 Å². The monoisotopic (exact) mass is 305 g/mol. The minimum atomic E-state index is -0.781. The lowest BCUT2D eigenvalue weighted by Crippen LogP contribution is -2.30. The van der Waals surface area contributed by atoms with Crippen molar-refractivity contribution in [3.8, 4) is 11.1 Å². The first-order valence-electron chi connectivity index (χ1n) is 7.63. The van der Waals surface area contributed by atoms with E-state index in [0.29, 0.717) is 17.5 Å². The molecular formula is C19H15NO3. The summed E-state index contributed by atoms with van der Waals surface area (Å²) < 4.78 is 0. The zero-order chi connectivity index (χ0) is 16.0. The molecule has 4 heteroatoms. The van der Waals surface area contributed by atoms with Gasteiger partial charge in [-0.2, -0.15) is 0 Å². The van der Waals surface area contributed by atoms with Crippen LogP contribution in [0.3, 0.4) is 0 Å². The van der Waals surface area contributed by atoms with E-state index >= 15 is 0 Å². The van der Waals surface area contributed by atoms with E-state index in [1.807, 2.05) is 49.4 Å². The summed E-state index contributed by atoms with van der Waals surface area (Å²) in [5.74, 6) is -1.09. The largest absolute Gasteiger partial charge is 0.391 e. The number of rotatable bonds is 2. The Kier molecular flexibility index (Phi) is 3.11. The standard InChI is InChI=1S/C19H15NO3/c1-11-10-15(23-20-11)17-18(21)14-9-5-8-13(16(14)19(17)22)12-6-3-2-4-7-12/h2-9,15,17H,10H2,1H3/t15-,17?/m1/s1. The molecule has 2 aromatic carbocycles. The van der Waals surface area contributed by atoms with Gasteiger partial charge in [0.05, 0.1) is 5.71 Å². The number of Topliss-reactive ketones (excluding diaryl/α,β-unsaturated/α-hetero) is 2. The molecule has 4 nitrogen and oxygen atoms in total. The van der Waals surface area contributed by atoms with Crippen molar-refractivity contribution in [2.75, 3.05) is 0 Å². The van der Waals surface area contributed by atoms with Gasteiger partial charge in [-0.3, -0.25) is 9.59 Å². The smallest absolute Gasteiger partial charge is 0.178 e. The predicted molar refractivity (Wildman–Crippen MR) is 86.6 cm³/mol. The lowest BCUT2D eigenvalue weighted by Gasteiger charge is -2.13. The fourth-order valence-electron chi connectivity index (χ4n) is 3.36. The van der Waals surface area contributed by atoms with Crippen molar-refractivity contribution in [2.45, 2.75) is 19.4 Å². The van der Waals surface area contributed by atoms with Crippen molar-refractivity contribution in [1.82, 2.24) is 0 Å². The van der Waals surface area contributed by atoms with E-state index in [-0.39, 0.29) is 11.6 Å². The highest BCUT2D eigenvalue weighted by Gasteiger charge is 2.47. The maximum absolute atomic E-state index is 12.9. The molecule has 0 radical (unpaired) electrons. The number of oxime groups is 1. The Morgan fingerprint density at radius 2 is 1.70 bits per heavy atom. The topological polar surface area (TPSA) is 55.7 Å². The number of hydrogen-bond donors (Lipinski definition) is 0. The van der Waals surface area contributed by atoms with Crippen LogP contribution in [0.25, 0.3) is 11.1 Å². The highest BCUT2D eigenvalue weighted by molar-refractivity contribution is 6.29. The summed E-state index contributed by atoms with van der Waals surface area (Å²) in [7, 11) is 0. The zero-order valence-electron chi connectivity index (χ0n) is 12.7. The fourth-order valence-corrected chi connectivity index (χ4v) is 3.36. The van der Waals surface area contributed by atoms with Gasteiger partial charge < -0.3 is 4.84 Å². The maximum atomic E-state index is 12.9. The second kappa shape index (κ2) is 5.16. The number of fused-ring (bicyclic) bond motifs is 1. The Bertz CT molecular complexity index is 839. The molecule has 0 saturated heterocycles. The highest BCUT2D eigenvalue weighted by Crippen LogP contribution is 2.38. The molecule has 0 N–H and O–H groups in total. The van der Waals surface area contributed by atoms with Crippen molar-refractivity contribution in [3.63, 3.8) is 0 Å². The third-order valence-corrected chi connectivity index (χ3v) is 4.44. The summed E-state index contributed by atoms with van der Waals surface area (Å²) in [6, 6.07) is 15.1. The van der Waals surface area contributed by atoms with Gasteiger partial charge in [0.25, 0.3) is 0 Å². The third kappa shape index (κ3) is 2.10. The van der Waals surface area contributed by atoms with Crippen molar-refractivity contribution in [3.05, 3.63) is 59.7 Å². The van der Waals surface area contributed by atoms with Crippen LogP contribution in [0.1, 0.15) is 34.1 Å². The number of ketones is 2.